The molecule has 0 aliphatic carbocycles. The van der Waals surface area contributed by atoms with Crippen molar-refractivity contribution in [2.45, 2.75) is 0 Å². The van der Waals surface area contributed by atoms with Crippen molar-refractivity contribution >= 4 is 34.8 Å². The van der Waals surface area contributed by atoms with Crippen LogP contribution in [-0.2, 0) is 4.79 Å². The van der Waals surface area contributed by atoms with Crippen LogP contribution >= 0.6 is 11.6 Å². The van der Waals surface area contributed by atoms with Crippen molar-refractivity contribution in [1.29, 1.82) is 0 Å². The maximum Gasteiger partial charge on any atom is 0.259 e. The Bertz CT molecular complexity index is 872. The second-order valence-electron chi connectivity index (χ2n) is 5.93. The average Bonchev–Trinajstić information content (AvgIpc) is 2.67. The summed E-state index contributed by atoms with van der Waals surface area (Å²) in [5.41, 5.74) is 1.65. The molecular formula is C19H20ClN3O4. The van der Waals surface area contributed by atoms with Gasteiger partial charge in [-0.15, -0.1) is 0 Å². The molecule has 1 aliphatic rings. The summed E-state index contributed by atoms with van der Waals surface area (Å²) in [5.74, 6) is 0.452. The highest BCUT2D eigenvalue weighted by Gasteiger charge is 2.20. The summed E-state index contributed by atoms with van der Waals surface area (Å²) >= 11 is 6.38. The molecule has 8 heteroatoms. The van der Waals surface area contributed by atoms with Crippen LogP contribution in [0.25, 0.3) is 0 Å². The Labute approximate surface area is 162 Å². The third-order valence-corrected chi connectivity index (χ3v) is 4.53. The lowest BCUT2D eigenvalue weighted by Gasteiger charge is -2.29. The number of halogens is 1. The molecule has 0 spiro atoms. The second kappa shape index (κ2) is 8.18. The van der Waals surface area contributed by atoms with Gasteiger partial charge in [0.2, 0.25) is 5.91 Å². The van der Waals surface area contributed by atoms with E-state index in [0.29, 0.717) is 40.9 Å². The normalized spacial score (nSPS) is 13.7. The molecule has 0 atom stereocenters. The first-order valence-electron chi connectivity index (χ1n) is 8.37. The summed E-state index contributed by atoms with van der Waals surface area (Å²) in [6, 6.07) is 10.3. The van der Waals surface area contributed by atoms with Gasteiger partial charge in [0.25, 0.3) is 5.91 Å². The van der Waals surface area contributed by atoms with Crippen LogP contribution < -0.4 is 25.0 Å². The predicted octanol–water partition coefficient (Wildman–Crippen LogP) is 2.55. The van der Waals surface area contributed by atoms with Gasteiger partial charge in [-0.3, -0.25) is 9.59 Å². The first-order valence-corrected chi connectivity index (χ1v) is 8.75. The maximum absolute atomic E-state index is 12.6. The minimum atomic E-state index is -0.341. The Balaban J connectivity index is 1.79. The standard InChI is InChI=1S/C19H20ClN3O4/c1-26-16-5-3-4-13(18(16)27-2)19(25)22-12-6-7-15(14(20)10-12)23-9-8-21-17(24)11-23/h3-7,10H,8-9,11H2,1-2H3,(H,21,24)(H,22,25). The van der Waals surface area contributed by atoms with Gasteiger partial charge in [0.1, 0.15) is 0 Å². The van der Waals surface area contributed by atoms with Gasteiger partial charge in [0, 0.05) is 18.8 Å². The van der Waals surface area contributed by atoms with Gasteiger partial charge in [-0.25, -0.2) is 0 Å². The highest BCUT2D eigenvalue weighted by atomic mass is 35.5. The smallest absolute Gasteiger partial charge is 0.259 e. The zero-order valence-corrected chi connectivity index (χ0v) is 15.8. The fourth-order valence-electron chi connectivity index (χ4n) is 2.95. The zero-order chi connectivity index (χ0) is 19.4. The molecular weight excluding hydrogens is 370 g/mol. The third-order valence-electron chi connectivity index (χ3n) is 4.23. The lowest BCUT2D eigenvalue weighted by molar-refractivity contribution is -0.120. The SMILES string of the molecule is COc1cccc(C(=O)Nc2ccc(N3CCNC(=O)C3)c(Cl)c2)c1OC. The zero-order valence-electron chi connectivity index (χ0n) is 15.0. The van der Waals surface area contributed by atoms with Gasteiger partial charge in [0.05, 0.1) is 37.0 Å². The minimum Gasteiger partial charge on any atom is -0.493 e. The third kappa shape index (κ3) is 4.09. The number of hydrogen-bond donors (Lipinski definition) is 2. The van der Waals surface area contributed by atoms with E-state index >= 15 is 0 Å². The Morgan fingerprint density at radius 2 is 2.04 bits per heavy atom. The van der Waals surface area contributed by atoms with Crippen LogP contribution in [-0.4, -0.2) is 45.7 Å². The van der Waals surface area contributed by atoms with Crippen molar-refractivity contribution in [1.82, 2.24) is 5.32 Å². The van der Waals surface area contributed by atoms with Gasteiger partial charge in [-0.1, -0.05) is 17.7 Å². The van der Waals surface area contributed by atoms with E-state index in [1.165, 1.54) is 14.2 Å². The number of carbonyl (C=O) groups is 2. The molecule has 2 amide bonds. The number of ether oxygens (including phenoxy) is 2. The number of rotatable bonds is 5. The molecule has 3 rings (SSSR count). The van der Waals surface area contributed by atoms with Crippen LogP contribution in [0.15, 0.2) is 36.4 Å². The molecule has 0 unspecified atom stereocenters. The molecule has 7 nitrogen and oxygen atoms in total. The molecule has 2 aromatic carbocycles. The number of nitrogens with zero attached hydrogens (tertiary/aromatic N) is 1. The van der Waals surface area contributed by atoms with Gasteiger partial charge < -0.3 is 25.0 Å². The summed E-state index contributed by atoms with van der Waals surface area (Å²) in [7, 11) is 2.99. The summed E-state index contributed by atoms with van der Waals surface area (Å²) in [5, 5.41) is 6.04. The van der Waals surface area contributed by atoms with Crippen LogP contribution in [0.4, 0.5) is 11.4 Å². The minimum absolute atomic E-state index is 0.0418. The van der Waals surface area contributed by atoms with Crippen LogP contribution in [0.3, 0.4) is 0 Å². The molecule has 1 fully saturated rings. The van der Waals surface area contributed by atoms with E-state index in [4.69, 9.17) is 21.1 Å². The molecule has 142 valence electrons. The average molecular weight is 390 g/mol. The molecule has 1 saturated heterocycles. The Hall–Kier alpha value is -2.93. The predicted molar refractivity (Wildman–Crippen MR) is 104 cm³/mol. The Kier molecular flexibility index (Phi) is 5.71. The maximum atomic E-state index is 12.6. The van der Waals surface area contributed by atoms with E-state index < -0.39 is 0 Å². The van der Waals surface area contributed by atoms with Crippen molar-refractivity contribution in [3.05, 3.63) is 47.0 Å². The molecule has 1 aliphatic heterocycles. The van der Waals surface area contributed by atoms with Crippen molar-refractivity contribution in [2.24, 2.45) is 0 Å². The molecule has 0 aromatic heterocycles. The molecule has 0 saturated carbocycles. The van der Waals surface area contributed by atoms with Gasteiger partial charge in [0.15, 0.2) is 11.5 Å². The number of methoxy groups -OCH3 is 2. The monoisotopic (exact) mass is 389 g/mol. The van der Waals surface area contributed by atoms with E-state index in [9.17, 15) is 9.59 Å². The summed E-state index contributed by atoms with van der Waals surface area (Å²) in [6.45, 7) is 1.51. The largest absolute Gasteiger partial charge is 0.493 e. The van der Waals surface area contributed by atoms with E-state index in [1.54, 1.807) is 36.4 Å². The Morgan fingerprint density at radius 3 is 2.70 bits per heavy atom. The van der Waals surface area contributed by atoms with Crippen molar-refractivity contribution in [2.75, 3.05) is 44.1 Å². The van der Waals surface area contributed by atoms with Crippen molar-refractivity contribution < 1.29 is 19.1 Å². The van der Waals surface area contributed by atoms with E-state index in [1.807, 2.05) is 4.90 Å². The number of nitrogens with one attached hydrogen (secondary N) is 2. The van der Waals surface area contributed by atoms with E-state index in [0.717, 1.165) is 5.69 Å². The van der Waals surface area contributed by atoms with Crippen LogP contribution in [0.5, 0.6) is 11.5 Å². The van der Waals surface area contributed by atoms with Crippen molar-refractivity contribution in [3.8, 4) is 11.5 Å². The van der Waals surface area contributed by atoms with Crippen LogP contribution in [0.1, 0.15) is 10.4 Å². The van der Waals surface area contributed by atoms with Crippen LogP contribution in [0.2, 0.25) is 5.02 Å². The lowest BCUT2D eigenvalue weighted by atomic mass is 10.1. The summed E-state index contributed by atoms with van der Waals surface area (Å²) in [6.07, 6.45) is 0. The van der Waals surface area contributed by atoms with E-state index in [-0.39, 0.29) is 18.4 Å². The first kappa shape index (κ1) is 18.8. The number of hydrogen-bond acceptors (Lipinski definition) is 5. The van der Waals surface area contributed by atoms with Crippen LogP contribution in [0, 0.1) is 0 Å². The second-order valence-corrected chi connectivity index (χ2v) is 6.34. The molecule has 1 heterocycles. The fraction of sp³-hybridized carbons (Fsp3) is 0.263. The molecule has 2 aromatic rings. The first-order chi connectivity index (χ1) is 13.0. The number of benzene rings is 2. The van der Waals surface area contributed by atoms with Gasteiger partial charge in [-0.05, 0) is 30.3 Å². The highest BCUT2D eigenvalue weighted by Crippen LogP contribution is 2.32. The topological polar surface area (TPSA) is 79.9 Å². The molecule has 2 N–H and O–H groups in total. The highest BCUT2D eigenvalue weighted by molar-refractivity contribution is 6.33. The fourth-order valence-corrected chi connectivity index (χ4v) is 3.25. The van der Waals surface area contributed by atoms with Crippen molar-refractivity contribution in [3.63, 3.8) is 0 Å². The number of amides is 2. The summed E-state index contributed by atoms with van der Waals surface area (Å²) in [4.78, 5) is 26.1. The van der Waals surface area contributed by atoms with Gasteiger partial charge in [-0.2, -0.15) is 0 Å². The Morgan fingerprint density at radius 1 is 1.22 bits per heavy atom. The molecule has 27 heavy (non-hydrogen) atoms. The van der Waals surface area contributed by atoms with Gasteiger partial charge >= 0.3 is 0 Å². The molecule has 0 bridgehead atoms. The lowest BCUT2D eigenvalue weighted by Crippen LogP contribution is -2.47. The summed E-state index contributed by atoms with van der Waals surface area (Å²) < 4.78 is 10.5. The quantitative estimate of drug-likeness (QED) is 0.821. The number of piperazine rings is 1. The van der Waals surface area contributed by atoms with E-state index in [2.05, 4.69) is 10.6 Å². The number of para-hydroxylation sites is 1. The number of anilines is 2. The molecule has 0 radical (unpaired) electrons. The number of carbonyl (C=O) groups excluding carboxylic acids is 2.